The van der Waals surface area contributed by atoms with Crippen molar-refractivity contribution in [3.05, 3.63) is 28.9 Å². The van der Waals surface area contributed by atoms with Crippen LogP contribution in [0, 0.1) is 5.82 Å². The monoisotopic (exact) mass is 276 g/mol. The standard InChI is InChI=1S/C9H6BrFS2/c10-4-7-8(12)5-2-1-3-6(11)9(5)13-7/h1-3,12H,4H2. The Balaban J connectivity index is 2.83. The number of hydrogen-bond acceptors (Lipinski definition) is 2. The lowest BCUT2D eigenvalue weighted by Crippen LogP contribution is -1.71. The molecule has 1 aromatic carbocycles. The quantitative estimate of drug-likeness (QED) is 0.585. The van der Waals surface area contributed by atoms with E-state index < -0.39 is 0 Å². The largest absolute Gasteiger partial charge is 0.205 e. The van der Waals surface area contributed by atoms with Crippen LogP contribution in [0.15, 0.2) is 23.1 Å². The molecule has 2 rings (SSSR count). The Morgan fingerprint density at radius 3 is 2.85 bits per heavy atom. The molecule has 0 spiro atoms. The van der Waals surface area contributed by atoms with Gasteiger partial charge in [0.2, 0.25) is 0 Å². The third kappa shape index (κ3) is 1.51. The molecule has 0 unspecified atom stereocenters. The van der Waals surface area contributed by atoms with Gasteiger partial charge in [-0.3, -0.25) is 0 Å². The van der Waals surface area contributed by atoms with E-state index >= 15 is 0 Å². The number of fused-ring (bicyclic) bond motifs is 1. The Morgan fingerprint density at radius 2 is 2.23 bits per heavy atom. The summed E-state index contributed by atoms with van der Waals surface area (Å²) >= 11 is 9.16. The van der Waals surface area contributed by atoms with Crippen molar-refractivity contribution in [1.82, 2.24) is 0 Å². The van der Waals surface area contributed by atoms with Gasteiger partial charge in [0, 0.05) is 20.5 Å². The fourth-order valence-corrected chi connectivity index (χ4v) is 3.48. The molecule has 1 heterocycles. The molecular formula is C9H6BrFS2. The summed E-state index contributed by atoms with van der Waals surface area (Å²) in [6, 6.07) is 5.08. The molecule has 68 valence electrons. The Labute approximate surface area is 93.3 Å². The molecule has 0 nitrogen and oxygen atoms in total. The molecule has 1 aromatic heterocycles. The van der Waals surface area contributed by atoms with Gasteiger partial charge in [0.15, 0.2) is 0 Å². The van der Waals surface area contributed by atoms with Crippen LogP contribution in [0.5, 0.6) is 0 Å². The van der Waals surface area contributed by atoms with Gasteiger partial charge in [-0.05, 0) is 6.07 Å². The van der Waals surface area contributed by atoms with Crippen LogP contribution in [0.4, 0.5) is 4.39 Å². The van der Waals surface area contributed by atoms with E-state index in [1.807, 2.05) is 6.07 Å². The minimum absolute atomic E-state index is 0.162. The van der Waals surface area contributed by atoms with E-state index in [4.69, 9.17) is 0 Å². The number of benzene rings is 1. The second-order valence-corrected chi connectivity index (χ2v) is 4.74. The van der Waals surface area contributed by atoms with Gasteiger partial charge >= 0.3 is 0 Å². The fourth-order valence-electron chi connectivity index (χ4n) is 1.21. The first-order chi connectivity index (χ1) is 6.24. The maximum absolute atomic E-state index is 13.3. The first kappa shape index (κ1) is 9.49. The third-order valence-electron chi connectivity index (χ3n) is 1.83. The summed E-state index contributed by atoms with van der Waals surface area (Å²) in [5.74, 6) is -0.162. The second-order valence-electron chi connectivity index (χ2n) is 2.62. The Hall–Kier alpha value is -0.0600. The molecule has 2 aromatic rings. The Kier molecular flexibility index (Phi) is 2.62. The van der Waals surface area contributed by atoms with Crippen molar-refractivity contribution >= 4 is 50.0 Å². The fraction of sp³-hybridized carbons (Fsp3) is 0.111. The first-order valence-electron chi connectivity index (χ1n) is 3.69. The third-order valence-corrected chi connectivity index (χ3v) is 4.64. The number of hydrogen-bond donors (Lipinski definition) is 1. The normalized spacial score (nSPS) is 11.0. The van der Waals surface area contributed by atoms with E-state index in [1.165, 1.54) is 17.4 Å². The molecule has 13 heavy (non-hydrogen) atoms. The van der Waals surface area contributed by atoms with Crippen molar-refractivity contribution in [2.75, 3.05) is 0 Å². The average Bonchev–Trinajstić information content (AvgIpc) is 2.45. The summed E-state index contributed by atoms with van der Waals surface area (Å²) in [5, 5.41) is 1.63. The van der Waals surface area contributed by atoms with Gasteiger partial charge in [0.1, 0.15) is 5.82 Å². The molecule has 0 N–H and O–H groups in total. The van der Waals surface area contributed by atoms with Crippen LogP contribution in [0.1, 0.15) is 4.88 Å². The van der Waals surface area contributed by atoms with E-state index in [1.54, 1.807) is 6.07 Å². The van der Waals surface area contributed by atoms with Crippen LogP contribution >= 0.6 is 39.9 Å². The molecular weight excluding hydrogens is 271 g/mol. The molecule has 0 fully saturated rings. The van der Waals surface area contributed by atoms with Crippen LogP contribution in [-0.4, -0.2) is 0 Å². The summed E-state index contributed by atoms with van der Waals surface area (Å²) in [5.41, 5.74) is 0. The highest BCUT2D eigenvalue weighted by Crippen LogP contribution is 2.36. The SMILES string of the molecule is Fc1cccc2c(S)c(CBr)sc12. The van der Waals surface area contributed by atoms with Gasteiger partial charge in [-0.15, -0.1) is 24.0 Å². The number of alkyl halides is 1. The van der Waals surface area contributed by atoms with Gasteiger partial charge in [0.25, 0.3) is 0 Å². The van der Waals surface area contributed by atoms with Crippen molar-refractivity contribution < 1.29 is 4.39 Å². The van der Waals surface area contributed by atoms with Crippen LogP contribution in [0.25, 0.3) is 10.1 Å². The van der Waals surface area contributed by atoms with Crippen LogP contribution in [-0.2, 0) is 5.33 Å². The molecule has 0 saturated carbocycles. The van der Waals surface area contributed by atoms with Crippen LogP contribution in [0.3, 0.4) is 0 Å². The number of halogens is 2. The molecule has 0 aliphatic heterocycles. The van der Waals surface area contributed by atoms with E-state index in [2.05, 4.69) is 28.6 Å². The van der Waals surface area contributed by atoms with E-state index in [0.29, 0.717) is 4.70 Å². The highest BCUT2D eigenvalue weighted by molar-refractivity contribution is 9.08. The Bertz CT molecular complexity index is 450. The molecule has 0 aliphatic carbocycles. The predicted molar refractivity (Wildman–Crippen MR) is 61.7 cm³/mol. The smallest absolute Gasteiger partial charge is 0.141 e. The average molecular weight is 277 g/mol. The van der Waals surface area contributed by atoms with Gasteiger partial charge in [-0.1, -0.05) is 28.1 Å². The first-order valence-corrected chi connectivity index (χ1v) is 6.07. The maximum atomic E-state index is 13.3. The van der Waals surface area contributed by atoms with Gasteiger partial charge < -0.3 is 0 Å². The molecule has 0 saturated heterocycles. The zero-order valence-electron chi connectivity index (χ0n) is 6.55. The van der Waals surface area contributed by atoms with Crippen LogP contribution < -0.4 is 0 Å². The molecule has 0 aliphatic rings. The van der Waals surface area contributed by atoms with Gasteiger partial charge in [-0.25, -0.2) is 4.39 Å². The van der Waals surface area contributed by atoms with E-state index in [-0.39, 0.29) is 5.82 Å². The number of rotatable bonds is 1. The summed E-state index contributed by atoms with van der Waals surface area (Å²) in [6.07, 6.45) is 0. The lowest BCUT2D eigenvalue weighted by atomic mass is 10.2. The van der Waals surface area contributed by atoms with Crippen molar-refractivity contribution in [2.45, 2.75) is 10.2 Å². The lowest BCUT2D eigenvalue weighted by Gasteiger charge is -1.91. The topological polar surface area (TPSA) is 0 Å². The second kappa shape index (κ2) is 3.59. The maximum Gasteiger partial charge on any atom is 0.141 e. The van der Waals surface area contributed by atoms with E-state index in [0.717, 1.165) is 20.5 Å². The van der Waals surface area contributed by atoms with Crippen molar-refractivity contribution in [1.29, 1.82) is 0 Å². The molecule has 0 amide bonds. The van der Waals surface area contributed by atoms with Crippen molar-refractivity contribution in [3.63, 3.8) is 0 Å². The summed E-state index contributed by atoms with van der Waals surface area (Å²) in [6.45, 7) is 0. The van der Waals surface area contributed by atoms with Gasteiger partial charge in [-0.2, -0.15) is 0 Å². The van der Waals surface area contributed by atoms with Crippen molar-refractivity contribution in [3.8, 4) is 0 Å². The van der Waals surface area contributed by atoms with Gasteiger partial charge in [0.05, 0.1) is 4.70 Å². The summed E-state index contributed by atoms with van der Waals surface area (Å²) in [7, 11) is 0. The summed E-state index contributed by atoms with van der Waals surface area (Å²) < 4.78 is 14.0. The highest BCUT2D eigenvalue weighted by atomic mass is 79.9. The molecule has 0 atom stereocenters. The summed E-state index contributed by atoms with van der Waals surface area (Å²) in [4.78, 5) is 1.96. The number of thiophene rings is 1. The van der Waals surface area contributed by atoms with Crippen LogP contribution in [0.2, 0.25) is 0 Å². The minimum Gasteiger partial charge on any atom is -0.205 e. The lowest BCUT2D eigenvalue weighted by molar-refractivity contribution is 0.641. The highest BCUT2D eigenvalue weighted by Gasteiger charge is 2.10. The molecule has 0 bridgehead atoms. The van der Waals surface area contributed by atoms with Crippen molar-refractivity contribution in [2.24, 2.45) is 0 Å². The minimum atomic E-state index is -0.162. The number of thiol groups is 1. The molecule has 0 radical (unpaired) electrons. The van der Waals surface area contributed by atoms with E-state index in [9.17, 15) is 4.39 Å². The predicted octanol–water partition coefficient (Wildman–Crippen LogP) is 4.22. The molecule has 4 heteroatoms. The zero-order chi connectivity index (χ0) is 9.42. The zero-order valence-corrected chi connectivity index (χ0v) is 9.85. The Morgan fingerprint density at radius 1 is 1.46 bits per heavy atom.